The quantitative estimate of drug-likeness (QED) is 0.663. The highest BCUT2D eigenvalue weighted by atomic mass is 35.5. The summed E-state index contributed by atoms with van der Waals surface area (Å²) in [6.45, 7) is 6.21. The zero-order valence-corrected chi connectivity index (χ0v) is 11.1. The van der Waals surface area contributed by atoms with Gasteiger partial charge in [-0.1, -0.05) is 12.8 Å². The predicted octanol–water partition coefficient (Wildman–Crippen LogP) is 2.57. The van der Waals surface area contributed by atoms with E-state index in [1.165, 1.54) is 64.7 Å². The van der Waals surface area contributed by atoms with Crippen LogP contribution in [0.2, 0.25) is 0 Å². The van der Waals surface area contributed by atoms with Crippen LogP contribution in [0.5, 0.6) is 0 Å². The highest BCUT2D eigenvalue weighted by Gasteiger charge is 2.22. The van der Waals surface area contributed by atoms with Crippen LogP contribution in [0.1, 0.15) is 38.5 Å². The molecule has 16 heavy (non-hydrogen) atoms. The number of halogens is 1. The Balaban J connectivity index is 1.72. The Morgan fingerprint density at radius 2 is 1.69 bits per heavy atom. The van der Waals surface area contributed by atoms with Crippen LogP contribution in [0.4, 0.5) is 0 Å². The summed E-state index contributed by atoms with van der Waals surface area (Å²) in [5, 5.41) is 0. The van der Waals surface area contributed by atoms with Crippen molar-refractivity contribution in [2.45, 2.75) is 44.6 Å². The summed E-state index contributed by atoms with van der Waals surface area (Å²) in [5.74, 6) is 0.788. The van der Waals surface area contributed by atoms with Crippen molar-refractivity contribution in [2.24, 2.45) is 0 Å². The van der Waals surface area contributed by atoms with Gasteiger partial charge < -0.3 is 4.90 Å². The molecular formula is C13H25ClN2. The molecule has 1 aliphatic carbocycles. The topological polar surface area (TPSA) is 6.48 Å². The van der Waals surface area contributed by atoms with E-state index in [0.29, 0.717) is 0 Å². The fourth-order valence-electron chi connectivity index (χ4n) is 3.13. The molecule has 0 aromatic carbocycles. The van der Waals surface area contributed by atoms with E-state index in [9.17, 15) is 0 Å². The van der Waals surface area contributed by atoms with E-state index >= 15 is 0 Å². The predicted molar refractivity (Wildman–Crippen MR) is 70.2 cm³/mol. The molecule has 2 fully saturated rings. The van der Waals surface area contributed by atoms with Crippen LogP contribution in [0.25, 0.3) is 0 Å². The maximum absolute atomic E-state index is 5.91. The van der Waals surface area contributed by atoms with Crippen LogP contribution >= 0.6 is 11.6 Å². The lowest BCUT2D eigenvalue weighted by atomic mass is 10.2. The Morgan fingerprint density at radius 1 is 1.00 bits per heavy atom. The van der Waals surface area contributed by atoms with Crippen LogP contribution in [0.3, 0.4) is 0 Å². The Labute approximate surface area is 105 Å². The molecule has 0 aromatic heterocycles. The van der Waals surface area contributed by atoms with Gasteiger partial charge in [0.1, 0.15) is 0 Å². The first-order valence-corrected chi connectivity index (χ1v) is 7.46. The second-order valence-electron chi connectivity index (χ2n) is 5.21. The van der Waals surface area contributed by atoms with Crippen molar-refractivity contribution >= 4 is 11.6 Å². The molecule has 0 radical (unpaired) electrons. The third-order valence-corrected chi connectivity index (χ3v) is 4.28. The summed E-state index contributed by atoms with van der Waals surface area (Å²) in [4.78, 5) is 5.24. The Bertz CT molecular complexity index is 186. The minimum atomic E-state index is 0.788. The van der Waals surface area contributed by atoms with Crippen molar-refractivity contribution in [3.05, 3.63) is 0 Å². The van der Waals surface area contributed by atoms with E-state index in [-0.39, 0.29) is 0 Å². The fourth-order valence-corrected chi connectivity index (χ4v) is 3.35. The first-order valence-electron chi connectivity index (χ1n) is 6.92. The summed E-state index contributed by atoms with van der Waals surface area (Å²) >= 11 is 5.91. The lowest BCUT2D eigenvalue weighted by Crippen LogP contribution is -2.40. The van der Waals surface area contributed by atoms with Crippen LogP contribution in [0.15, 0.2) is 0 Å². The molecule has 2 rings (SSSR count). The maximum atomic E-state index is 5.91. The Hall–Kier alpha value is 0.210. The van der Waals surface area contributed by atoms with Crippen molar-refractivity contribution in [1.82, 2.24) is 9.80 Å². The number of rotatable bonds is 6. The van der Waals surface area contributed by atoms with Crippen molar-refractivity contribution in [3.63, 3.8) is 0 Å². The van der Waals surface area contributed by atoms with Gasteiger partial charge in [-0.2, -0.15) is 0 Å². The van der Waals surface area contributed by atoms with Crippen LogP contribution in [-0.4, -0.2) is 54.4 Å². The van der Waals surface area contributed by atoms with Gasteiger partial charge >= 0.3 is 0 Å². The van der Waals surface area contributed by atoms with Gasteiger partial charge in [-0.05, 0) is 38.8 Å². The number of nitrogens with zero attached hydrogens (tertiary/aromatic N) is 2. The van der Waals surface area contributed by atoms with E-state index in [4.69, 9.17) is 11.6 Å². The van der Waals surface area contributed by atoms with Crippen LogP contribution in [0, 0.1) is 0 Å². The monoisotopic (exact) mass is 244 g/mol. The summed E-state index contributed by atoms with van der Waals surface area (Å²) in [6.07, 6.45) is 8.45. The van der Waals surface area contributed by atoms with Gasteiger partial charge in [0.2, 0.25) is 0 Å². The Morgan fingerprint density at radius 3 is 2.31 bits per heavy atom. The number of likely N-dealkylation sites (tertiary alicyclic amines) is 1. The summed E-state index contributed by atoms with van der Waals surface area (Å²) < 4.78 is 0. The highest BCUT2D eigenvalue weighted by Crippen LogP contribution is 2.23. The van der Waals surface area contributed by atoms with Gasteiger partial charge in [0.25, 0.3) is 0 Å². The fraction of sp³-hybridized carbons (Fsp3) is 1.00. The zero-order chi connectivity index (χ0) is 11.2. The average molecular weight is 245 g/mol. The van der Waals surface area contributed by atoms with Crippen molar-refractivity contribution < 1.29 is 0 Å². The average Bonchev–Trinajstić information content (AvgIpc) is 2.96. The molecule has 3 heteroatoms. The summed E-state index contributed by atoms with van der Waals surface area (Å²) in [7, 11) is 0. The van der Waals surface area contributed by atoms with Gasteiger partial charge in [-0.15, -0.1) is 11.6 Å². The molecule has 2 nitrogen and oxygen atoms in total. The molecule has 0 aromatic rings. The second-order valence-corrected chi connectivity index (χ2v) is 5.59. The van der Waals surface area contributed by atoms with Crippen LogP contribution < -0.4 is 0 Å². The third-order valence-electron chi connectivity index (χ3n) is 4.11. The van der Waals surface area contributed by atoms with E-state index < -0.39 is 0 Å². The van der Waals surface area contributed by atoms with Crippen molar-refractivity contribution in [3.8, 4) is 0 Å². The third kappa shape index (κ3) is 3.61. The molecule has 1 saturated heterocycles. The second kappa shape index (κ2) is 6.83. The van der Waals surface area contributed by atoms with Gasteiger partial charge in [0.15, 0.2) is 0 Å². The first-order chi connectivity index (χ1) is 7.90. The normalized spacial score (nSPS) is 23.6. The molecule has 94 valence electrons. The molecule has 0 bridgehead atoms. The van der Waals surface area contributed by atoms with Gasteiger partial charge in [0, 0.05) is 31.6 Å². The number of alkyl halides is 1. The SMILES string of the molecule is ClCCN(CCN1CCCC1)C1CCCC1. The van der Waals surface area contributed by atoms with E-state index in [0.717, 1.165) is 18.5 Å². The molecule has 1 heterocycles. The first kappa shape index (κ1) is 12.7. The summed E-state index contributed by atoms with van der Waals surface area (Å²) in [6, 6.07) is 0.835. The van der Waals surface area contributed by atoms with E-state index in [2.05, 4.69) is 9.80 Å². The Kier molecular flexibility index (Phi) is 5.40. The molecule has 0 atom stereocenters. The number of hydrogen-bond donors (Lipinski definition) is 0. The molecule has 1 aliphatic heterocycles. The maximum Gasteiger partial charge on any atom is 0.0351 e. The van der Waals surface area contributed by atoms with Crippen molar-refractivity contribution in [2.75, 3.05) is 38.6 Å². The van der Waals surface area contributed by atoms with Crippen LogP contribution in [-0.2, 0) is 0 Å². The van der Waals surface area contributed by atoms with E-state index in [1.54, 1.807) is 0 Å². The minimum Gasteiger partial charge on any atom is -0.302 e. The van der Waals surface area contributed by atoms with E-state index in [1.807, 2.05) is 0 Å². The minimum absolute atomic E-state index is 0.788. The molecule has 0 unspecified atom stereocenters. The van der Waals surface area contributed by atoms with Gasteiger partial charge in [-0.25, -0.2) is 0 Å². The smallest absolute Gasteiger partial charge is 0.0351 e. The van der Waals surface area contributed by atoms with Crippen molar-refractivity contribution in [1.29, 1.82) is 0 Å². The molecule has 1 saturated carbocycles. The molecule has 0 amide bonds. The zero-order valence-electron chi connectivity index (χ0n) is 10.3. The van der Waals surface area contributed by atoms with Gasteiger partial charge in [0.05, 0.1) is 0 Å². The molecule has 0 spiro atoms. The largest absolute Gasteiger partial charge is 0.302 e. The highest BCUT2D eigenvalue weighted by molar-refractivity contribution is 6.18. The molecule has 0 N–H and O–H groups in total. The molecular weight excluding hydrogens is 220 g/mol. The molecule has 2 aliphatic rings. The standard InChI is InChI=1S/C13H25ClN2/c14-7-10-16(13-5-1-2-6-13)12-11-15-8-3-4-9-15/h13H,1-12H2. The van der Waals surface area contributed by atoms with Gasteiger partial charge in [-0.3, -0.25) is 4.90 Å². The number of hydrogen-bond acceptors (Lipinski definition) is 2. The lowest BCUT2D eigenvalue weighted by Gasteiger charge is -2.29. The lowest BCUT2D eigenvalue weighted by molar-refractivity contribution is 0.181. The summed E-state index contributed by atoms with van der Waals surface area (Å²) in [5.41, 5.74) is 0.